The summed E-state index contributed by atoms with van der Waals surface area (Å²) in [5.74, 6) is 0.817. The van der Waals surface area contributed by atoms with Gasteiger partial charge in [0.15, 0.2) is 5.75 Å². The van der Waals surface area contributed by atoms with Gasteiger partial charge in [-0.2, -0.15) is 5.10 Å². The number of halogens is 1. The molecule has 0 saturated heterocycles. The van der Waals surface area contributed by atoms with Gasteiger partial charge < -0.3 is 4.74 Å². The Morgan fingerprint density at radius 2 is 2.00 bits per heavy atom. The molecule has 2 aromatic rings. The Bertz CT molecular complexity index is 476. The molecule has 0 aliphatic carbocycles. The van der Waals surface area contributed by atoms with E-state index >= 15 is 0 Å². The highest BCUT2D eigenvalue weighted by Crippen LogP contribution is 2.15. The molecule has 0 N–H and O–H groups in total. The molecule has 0 fully saturated rings. The smallest absolute Gasteiger partial charge is 0.157 e. The molecule has 0 atom stereocenters. The molecule has 0 bridgehead atoms. The minimum absolute atomic E-state index is 0.366. The Morgan fingerprint density at radius 1 is 1.29 bits per heavy atom. The molecule has 3 nitrogen and oxygen atoms in total. The van der Waals surface area contributed by atoms with Crippen molar-refractivity contribution in [1.82, 2.24) is 9.78 Å². The van der Waals surface area contributed by atoms with E-state index in [9.17, 15) is 0 Å². The van der Waals surface area contributed by atoms with Crippen molar-refractivity contribution in [2.45, 2.75) is 26.5 Å². The summed E-state index contributed by atoms with van der Waals surface area (Å²) in [4.78, 5) is 0. The van der Waals surface area contributed by atoms with E-state index in [1.807, 2.05) is 10.9 Å². The summed E-state index contributed by atoms with van der Waals surface area (Å²) in [6.45, 7) is 4.77. The van der Waals surface area contributed by atoms with Crippen LogP contribution in [0.1, 0.15) is 25.5 Å². The Labute approximate surface area is 115 Å². The lowest BCUT2D eigenvalue weighted by molar-refractivity contribution is 0.305. The molecule has 0 saturated carbocycles. The average molecular weight is 342 g/mol. The van der Waals surface area contributed by atoms with Crippen LogP contribution in [0, 0.1) is 3.57 Å². The summed E-state index contributed by atoms with van der Waals surface area (Å²) in [6, 6.07) is 8.68. The third-order valence-electron chi connectivity index (χ3n) is 2.43. The van der Waals surface area contributed by atoms with Gasteiger partial charge in [0.2, 0.25) is 0 Å². The van der Waals surface area contributed by atoms with Gasteiger partial charge in [-0.1, -0.05) is 12.1 Å². The van der Waals surface area contributed by atoms with Crippen LogP contribution in [0.5, 0.6) is 5.75 Å². The lowest BCUT2D eigenvalue weighted by Gasteiger charge is -2.05. The summed E-state index contributed by atoms with van der Waals surface area (Å²) in [6.07, 6.45) is 3.68. The van der Waals surface area contributed by atoms with Gasteiger partial charge in [-0.15, -0.1) is 0 Å². The van der Waals surface area contributed by atoms with E-state index in [-0.39, 0.29) is 0 Å². The predicted molar refractivity (Wildman–Crippen MR) is 76.1 cm³/mol. The Morgan fingerprint density at radius 3 is 2.59 bits per heavy atom. The number of nitrogens with zero attached hydrogens (tertiary/aromatic N) is 2. The maximum absolute atomic E-state index is 5.68. The summed E-state index contributed by atoms with van der Waals surface area (Å²) in [5, 5.41) is 4.23. The fourth-order valence-corrected chi connectivity index (χ4v) is 1.78. The van der Waals surface area contributed by atoms with Crippen molar-refractivity contribution in [3.63, 3.8) is 0 Å². The largest absolute Gasteiger partial charge is 0.486 e. The van der Waals surface area contributed by atoms with Crippen LogP contribution in [0.25, 0.3) is 0 Å². The molecule has 0 amide bonds. The number of hydrogen-bond acceptors (Lipinski definition) is 2. The van der Waals surface area contributed by atoms with Crippen LogP contribution in [0.3, 0.4) is 0 Å². The molecule has 0 aliphatic rings. The van der Waals surface area contributed by atoms with Gasteiger partial charge in [0.1, 0.15) is 6.61 Å². The van der Waals surface area contributed by atoms with Crippen LogP contribution in [0.15, 0.2) is 36.7 Å². The first-order valence-electron chi connectivity index (χ1n) is 5.56. The molecule has 1 aromatic carbocycles. The van der Waals surface area contributed by atoms with Gasteiger partial charge in [0.25, 0.3) is 0 Å². The first kappa shape index (κ1) is 12.4. The van der Waals surface area contributed by atoms with Crippen LogP contribution in [-0.4, -0.2) is 9.78 Å². The summed E-state index contributed by atoms with van der Waals surface area (Å²) in [5.41, 5.74) is 1.17. The summed E-state index contributed by atoms with van der Waals surface area (Å²) < 4.78 is 8.80. The third-order valence-corrected chi connectivity index (χ3v) is 3.14. The lowest BCUT2D eigenvalue weighted by atomic mass is 10.2. The van der Waals surface area contributed by atoms with Gasteiger partial charge in [0.05, 0.1) is 12.4 Å². The van der Waals surface area contributed by atoms with E-state index in [1.54, 1.807) is 6.20 Å². The Kier molecular flexibility index (Phi) is 4.04. The van der Waals surface area contributed by atoms with Crippen molar-refractivity contribution in [1.29, 1.82) is 0 Å². The Balaban J connectivity index is 1.95. The van der Waals surface area contributed by atoms with Crippen LogP contribution >= 0.6 is 22.6 Å². The second-order valence-electron chi connectivity index (χ2n) is 4.16. The maximum atomic E-state index is 5.68. The quantitative estimate of drug-likeness (QED) is 0.793. The second-order valence-corrected chi connectivity index (χ2v) is 5.41. The normalized spacial score (nSPS) is 10.8. The fourth-order valence-electron chi connectivity index (χ4n) is 1.42. The van der Waals surface area contributed by atoms with Crippen molar-refractivity contribution >= 4 is 22.6 Å². The standard InChI is InChI=1S/C13H15IN2O/c1-10(2)16-8-13(7-15-16)17-9-11-3-5-12(14)6-4-11/h3-8,10H,9H2,1-2H3. The SMILES string of the molecule is CC(C)n1cc(OCc2ccc(I)cc2)cn1. The third kappa shape index (κ3) is 3.46. The van der Waals surface area contributed by atoms with Crippen molar-refractivity contribution < 1.29 is 4.74 Å². The number of aromatic nitrogens is 2. The Hall–Kier alpha value is -1.04. The van der Waals surface area contributed by atoms with Crippen molar-refractivity contribution in [3.8, 4) is 5.75 Å². The first-order valence-corrected chi connectivity index (χ1v) is 6.64. The van der Waals surface area contributed by atoms with Gasteiger partial charge in [-0.3, -0.25) is 4.68 Å². The molecular formula is C13H15IN2O. The highest BCUT2D eigenvalue weighted by molar-refractivity contribution is 14.1. The number of benzene rings is 1. The van der Waals surface area contributed by atoms with Gasteiger partial charge in [0, 0.05) is 9.61 Å². The highest BCUT2D eigenvalue weighted by atomic mass is 127. The molecule has 4 heteroatoms. The van der Waals surface area contributed by atoms with Crippen molar-refractivity contribution in [3.05, 3.63) is 45.8 Å². The lowest BCUT2D eigenvalue weighted by Crippen LogP contribution is -2.00. The second kappa shape index (κ2) is 5.53. The molecule has 1 heterocycles. The van der Waals surface area contributed by atoms with E-state index in [1.165, 1.54) is 9.13 Å². The summed E-state index contributed by atoms with van der Waals surface area (Å²) >= 11 is 2.29. The summed E-state index contributed by atoms with van der Waals surface area (Å²) in [7, 11) is 0. The topological polar surface area (TPSA) is 27.1 Å². The molecule has 2 rings (SSSR count). The average Bonchev–Trinajstić information content (AvgIpc) is 2.77. The predicted octanol–water partition coefficient (Wildman–Crippen LogP) is 3.65. The molecule has 0 radical (unpaired) electrons. The molecule has 0 spiro atoms. The molecule has 1 aromatic heterocycles. The van der Waals surface area contributed by atoms with Crippen LogP contribution < -0.4 is 4.74 Å². The first-order chi connectivity index (χ1) is 8.15. The number of hydrogen-bond donors (Lipinski definition) is 0. The van der Waals surface area contributed by atoms with Crippen molar-refractivity contribution in [2.75, 3.05) is 0 Å². The molecule has 17 heavy (non-hydrogen) atoms. The zero-order valence-corrected chi connectivity index (χ0v) is 12.1. The van der Waals surface area contributed by atoms with Crippen LogP contribution in [-0.2, 0) is 6.61 Å². The van der Waals surface area contributed by atoms with E-state index in [2.05, 4.69) is 65.8 Å². The zero-order chi connectivity index (χ0) is 12.3. The molecule has 90 valence electrons. The van der Waals surface area contributed by atoms with E-state index in [4.69, 9.17) is 4.74 Å². The molecular weight excluding hydrogens is 327 g/mol. The minimum Gasteiger partial charge on any atom is -0.486 e. The maximum Gasteiger partial charge on any atom is 0.157 e. The van der Waals surface area contributed by atoms with Crippen molar-refractivity contribution in [2.24, 2.45) is 0 Å². The fraction of sp³-hybridized carbons (Fsp3) is 0.308. The monoisotopic (exact) mass is 342 g/mol. The van der Waals surface area contributed by atoms with E-state index in [0.29, 0.717) is 12.6 Å². The van der Waals surface area contributed by atoms with Gasteiger partial charge >= 0.3 is 0 Å². The van der Waals surface area contributed by atoms with E-state index in [0.717, 1.165) is 5.75 Å². The minimum atomic E-state index is 0.366. The van der Waals surface area contributed by atoms with E-state index < -0.39 is 0 Å². The van der Waals surface area contributed by atoms with Gasteiger partial charge in [-0.25, -0.2) is 0 Å². The molecule has 0 aliphatic heterocycles. The van der Waals surface area contributed by atoms with Gasteiger partial charge in [-0.05, 0) is 54.1 Å². The number of ether oxygens (including phenoxy) is 1. The zero-order valence-electron chi connectivity index (χ0n) is 9.93. The highest BCUT2D eigenvalue weighted by Gasteiger charge is 2.02. The molecule has 0 unspecified atom stereocenters. The van der Waals surface area contributed by atoms with Crippen LogP contribution in [0.4, 0.5) is 0 Å². The van der Waals surface area contributed by atoms with Crippen LogP contribution in [0.2, 0.25) is 0 Å². The number of rotatable bonds is 4.